The predicted molar refractivity (Wildman–Crippen MR) is 82.8 cm³/mol. The second-order valence-corrected chi connectivity index (χ2v) is 5.51. The number of esters is 2. The molecule has 0 aromatic heterocycles. The molecule has 1 saturated carbocycles. The molecule has 0 unspecified atom stereocenters. The smallest absolute Gasteiger partial charge is 0.324 e. The standard InChI is InChI=1S/C17H20O7/c1-21-13-6-5-10(8-14(13)22-2)7-11-12(9-18)17(11,15(19)23-3)16(20)24-4/h5-6,8-9,11-12H,7H2,1-4H3/t11-,12-/m1/s1. The molecule has 0 bridgehead atoms. The van der Waals surface area contributed by atoms with E-state index in [9.17, 15) is 14.4 Å². The van der Waals surface area contributed by atoms with Gasteiger partial charge in [-0.25, -0.2) is 0 Å². The average Bonchev–Trinajstić information content (AvgIpc) is 3.27. The van der Waals surface area contributed by atoms with Gasteiger partial charge in [0.1, 0.15) is 6.29 Å². The Labute approximate surface area is 139 Å². The molecule has 0 saturated heterocycles. The van der Waals surface area contributed by atoms with Crippen molar-refractivity contribution in [2.75, 3.05) is 28.4 Å². The Balaban J connectivity index is 2.33. The van der Waals surface area contributed by atoms with Crippen LogP contribution in [-0.4, -0.2) is 46.7 Å². The van der Waals surface area contributed by atoms with E-state index in [2.05, 4.69) is 0 Å². The van der Waals surface area contributed by atoms with Crippen molar-refractivity contribution in [3.8, 4) is 11.5 Å². The van der Waals surface area contributed by atoms with Crippen molar-refractivity contribution in [3.05, 3.63) is 23.8 Å². The second-order valence-electron chi connectivity index (χ2n) is 5.51. The lowest BCUT2D eigenvalue weighted by atomic mass is 9.98. The molecule has 0 heterocycles. The first kappa shape index (κ1) is 17.8. The number of carbonyl (C=O) groups excluding carboxylic acids is 3. The normalized spacial score (nSPS) is 20.7. The van der Waals surface area contributed by atoms with E-state index in [4.69, 9.17) is 18.9 Å². The Hall–Kier alpha value is -2.57. The molecular weight excluding hydrogens is 316 g/mol. The number of benzene rings is 1. The molecule has 1 aliphatic carbocycles. The van der Waals surface area contributed by atoms with E-state index in [0.717, 1.165) is 5.56 Å². The number of rotatable bonds is 7. The first-order chi connectivity index (χ1) is 11.5. The van der Waals surface area contributed by atoms with E-state index in [1.165, 1.54) is 28.4 Å². The lowest BCUT2D eigenvalue weighted by molar-refractivity contribution is -0.163. The molecule has 0 N–H and O–H groups in total. The summed E-state index contributed by atoms with van der Waals surface area (Å²) in [6, 6.07) is 5.27. The van der Waals surface area contributed by atoms with Gasteiger partial charge in [0.15, 0.2) is 16.9 Å². The maximum absolute atomic E-state index is 12.2. The number of methoxy groups -OCH3 is 4. The average molecular weight is 336 g/mol. The van der Waals surface area contributed by atoms with Crippen molar-refractivity contribution in [2.45, 2.75) is 6.42 Å². The van der Waals surface area contributed by atoms with Gasteiger partial charge in [0.05, 0.1) is 28.4 Å². The van der Waals surface area contributed by atoms with Gasteiger partial charge in [-0.1, -0.05) is 6.07 Å². The Morgan fingerprint density at radius 1 is 1.04 bits per heavy atom. The summed E-state index contributed by atoms with van der Waals surface area (Å²) < 4.78 is 19.9. The molecule has 1 aromatic rings. The summed E-state index contributed by atoms with van der Waals surface area (Å²) in [6.07, 6.45) is 0.938. The molecule has 2 atom stereocenters. The van der Waals surface area contributed by atoms with Crippen molar-refractivity contribution < 1.29 is 33.3 Å². The maximum atomic E-state index is 12.2. The van der Waals surface area contributed by atoms with Crippen molar-refractivity contribution >= 4 is 18.2 Å². The van der Waals surface area contributed by atoms with Crippen LogP contribution < -0.4 is 9.47 Å². The zero-order chi connectivity index (χ0) is 17.9. The van der Waals surface area contributed by atoms with Crippen LogP contribution in [0.3, 0.4) is 0 Å². The number of hydrogen-bond donors (Lipinski definition) is 0. The van der Waals surface area contributed by atoms with Crippen LogP contribution in [-0.2, 0) is 30.3 Å². The molecule has 1 fully saturated rings. The van der Waals surface area contributed by atoms with Crippen molar-refractivity contribution in [2.24, 2.45) is 17.3 Å². The van der Waals surface area contributed by atoms with E-state index in [0.29, 0.717) is 24.2 Å². The summed E-state index contributed by atoms with van der Waals surface area (Å²) >= 11 is 0. The van der Waals surface area contributed by atoms with Gasteiger partial charge in [-0.05, 0) is 24.1 Å². The van der Waals surface area contributed by atoms with Crippen LogP contribution in [0.4, 0.5) is 0 Å². The van der Waals surface area contributed by atoms with Crippen LogP contribution in [0.25, 0.3) is 0 Å². The monoisotopic (exact) mass is 336 g/mol. The van der Waals surface area contributed by atoms with Gasteiger partial charge in [-0.2, -0.15) is 0 Å². The van der Waals surface area contributed by atoms with Crippen LogP contribution in [0, 0.1) is 17.3 Å². The summed E-state index contributed by atoms with van der Waals surface area (Å²) in [5.41, 5.74) is -0.766. The lowest BCUT2D eigenvalue weighted by Crippen LogP contribution is -2.32. The first-order valence-electron chi connectivity index (χ1n) is 7.34. The van der Waals surface area contributed by atoms with Crippen LogP contribution in [0.2, 0.25) is 0 Å². The highest BCUT2D eigenvalue weighted by atomic mass is 16.5. The topological polar surface area (TPSA) is 88.1 Å². The Morgan fingerprint density at radius 3 is 2.08 bits per heavy atom. The highest BCUT2D eigenvalue weighted by Crippen LogP contribution is 2.60. The summed E-state index contributed by atoms with van der Waals surface area (Å²) in [4.78, 5) is 35.7. The molecule has 1 aromatic carbocycles. The van der Waals surface area contributed by atoms with Crippen LogP contribution >= 0.6 is 0 Å². The molecule has 2 rings (SSSR count). The fraction of sp³-hybridized carbons (Fsp3) is 0.471. The SMILES string of the molecule is COC(=O)C1(C(=O)OC)[C@H](C=O)[C@H]1Cc1ccc(OC)c(OC)c1. The molecule has 0 radical (unpaired) electrons. The van der Waals surface area contributed by atoms with Crippen LogP contribution in [0.1, 0.15) is 5.56 Å². The van der Waals surface area contributed by atoms with E-state index >= 15 is 0 Å². The summed E-state index contributed by atoms with van der Waals surface area (Å²) in [7, 11) is 5.40. The molecule has 0 aliphatic heterocycles. The van der Waals surface area contributed by atoms with E-state index in [-0.39, 0.29) is 0 Å². The second kappa shape index (κ2) is 6.90. The molecule has 7 heteroatoms. The fourth-order valence-corrected chi connectivity index (χ4v) is 3.24. The molecule has 0 spiro atoms. The molecule has 1 aliphatic rings. The molecule has 0 amide bonds. The van der Waals surface area contributed by atoms with Gasteiger partial charge in [-0.15, -0.1) is 0 Å². The minimum Gasteiger partial charge on any atom is -0.493 e. The number of aldehydes is 1. The molecule has 7 nitrogen and oxygen atoms in total. The van der Waals surface area contributed by atoms with Crippen molar-refractivity contribution in [3.63, 3.8) is 0 Å². The third-order valence-corrected chi connectivity index (χ3v) is 4.53. The zero-order valence-electron chi connectivity index (χ0n) is 14.0. The lowest BCUT2D eigenvalue weighted by Gasteiger charge is -2.13. The Bertz CT molecular complexity index is 636. The zero-order valence-corrected chi connectivity index (χ0v) is 14.0. The molecular formula is C17H20O7. The van der Waals surface area contributed by atoms with Gasteiger partial charge in [0.25, 0.3) is 0 Å². The first-order valence-corrected chi connectivity index (χ1v) is 7.34. The van der Waals surface area contributed by atoms with Crippen LogP contribution in [0.5, 0.6) is 11.5 Å². The largest absolute Gasteiger partial charge is 0.493 e. The number of ether oxygens (including phenoxy) is 4. The molecule has 130 valence electrons. The third-order valence-electron chi connectivity index (χ3n) is 4.53. The van der Waals surface area contributed by atoms with Gasteiger partial charge in [0.2, 0.25) is 0 Å². The minimum absolute atomic E-state index is 0.327. The third kappa shape index (κ3) is 2.60. The summed E-state index contributed by atoms with van der Waals surface area (Å²) in [6.45, 7) is 0. The number of carbonyl (C=O) groups is 3. The van der Waals surface area contributed by atoms with Crippen LogP contribution in [0.15, 0.2) is 18.2 Å². The van der Waals surface area contributed by atoms with E-state index < -0.39 is 29.2 Å². The summed E-state index contributed by atoms with van der Waals surface area (Å²) in [5.74, 6) is -1.71. The highest BCUT2D eigenvalue weighted by molar-refractivity contribution is 6.08. The number of hydrogen-bond acceptors (Lipinski definition) is 7. The predicted octanol–water partition coefficient (Wildman–Crippen LogP) is 1.02. The van der Waals surface area contributed by atoms with Gasteiger partial charge >= 0.3 is 11.9 Å². The van der Waals surface area contributed by atoms with E-state index in [1.54, 1.807) is 18.2 Å². The van der Waals surface area contributed by atoms with Gasteiger partial charge in [0, 0.05) is 11.8 Å². The summed E-state index contributed by atoms with van der Waals surface area (Å²) in [5, 5.41) is 0. The Kier molecular flexibility index (Phi) is 5.11. The van der Waals surface area contributed by atoms with Gasteiger partial charge < -0.3 is 23.7 Å². The minimum atomic E-state index is -1.57. The Morgan fingerprint density at radius 2 is 1.62 bits per heavy atom. The maximum Gasteiger partial charge on any atom is 0.324 e. The van der Waals surface area contributed by atoms with Gasteiger partial charge in [-0.3, -0.25) is 9.59 Å². The van der Waals surface area contributed by atoms with E-state index in [1.807, 2.05) is 0 Å². The highest BCUT2D eigenvalue weighted by Gasteiger charge is 2.76. The van der Waals surface area contributed by atoms with Crippen molar-refractivity contribution in [1.29, 1.82) is 0 Å². The fourth-order valence-electron chi connectivity index (χ4n) is 3.24. The molecule has 24 heavy (non-hydrogen) atoms. The van der Waals surface area contributed by atoms with Crippen molar-refractivity contribution in [1.82, 2.24) is 0 Å². The quantitative estimate of drug-likeness (QED) is 0.417.